The van der Waals surface area contributed by atoms with Gasteiger partial charge in [-0.25, -0.2) is 0 Å². The number of unbranched alkanes of at least 4 members (excludes halogenated alkanes) is 17. The van der Waals surface area contributed by atoms with E-state index in [1.54, 1.807) is 0 Å². The van der Waals surface area contributed by atoms with Crippen molar-refractivity contribution in [3.8, 4) is 0 Å². The van der Waals surface area contributed by atoms with Gasteiger partial charge in [0.05, 0.1) is 13.2 Å². The van der Waals surface area contributed by atoms with Gasteiger partial charge in [-0.05, 0) is 32.1 Å². The van der Waals surface area contributed by atoms with E-state index in [0.717, 1.165) is 12.8 Å². The fourth-order valence-electron chi connectivity index (χ4n) is 3.47. The van der Waals surface area contributed by atoms with E-state index in [1.165, 1.54) is 109 Å². The number of carboxylic acid groups (broad SMARTS) is 1. The van der Waals surface area contributed by atoms with Crippen LogP contribution in [0.1, 0.15) is 135 Å². The first kappa shape index (κ1) is 33.3. The summed E-state index contributed by atoms with van der Waals surface area (Å²) >= 11 is 0. The average molecular weight is 459 g/mol. The molecule has 5 nitrogen and oxygen atoms in total. The molecule has 0 amide bonds. The van der Waals surface area contributed by atoms with Gasteiger partial charge in [0.15, 0.2) is 0 Å². The summed E-state index contributed by atoms with van der Waals surface area (Å²) < 4.78 is 0. The van der Waals surface area contributed by atoms with Gasteiger partial charge in [-0.2, -0.15) is 0 Å². The number of aliphatic hydroxyl groups excluding tert-OH is 3. The maximum atomic E-state index is 10.4. The van der Waals surface area contributed by atoms with Crippen molar-refractivity contribution >= 4 is 5.97 Å². The molecular weight excluding hydrogens is 404 g/mol. The van der Waals surface area contributed by atoms with E-state index in [-0.39, 0.29) is 13.2 Å². The van der Waals surface area contributed by atoms with Crippen LogP contribution in [0.5, 0.6) is 0 Å². The summed E-state index contributed by atoms with van der Waals surface area (Å²) in [5.41, 5.74) is 0. The number of hydrogen-bond acceptors (Lipinski definition) is 4. The third-order valence-corrected chi connectivity index (χ3v) is 5.57. The molecule has 0 rings (SSSR count). The van der Waals surface area contributed by atoms with Gasteiger partial charge in [-0.15, -0.1) is 0 Å². The lowest BCUT2D eigenvalue weighted by atomic mass is 10.0. The summed E-state index contributed by atoms with van der Waals surface area (Å²) in [7, 11) is 0. The first-order valence-electron chi connectivity index (χ1n) is 13.3. The van der Waals surface area contributed by atoms with Crippen LogP contribution in [0, 0.1) is 0 Å². The lowest BCUT2D eigenvalue weighted by Crippen LogP contribution is -2.15. The van der Waals surface area contributed by atoms with Crippen LogP contribution in [-0.2, 0) is 4.79 Å². The maximum Gasteiger partial charge on any atom is 0.303 e. The highest BCUT2D eigenvalue weighted by molar-refractivity contribution is 5.66. The molecule has 0 fully saturated rings. The molecule has 4 N–H and O–H groups in total. The summed E-state index contributed by atoms with van der Waals surface area (Å²) in [5, 5.41) is 32.6. The van der Waals surface area contributed by atoms with Gasteiger partial charge in [0, 0.05) is 6.42 Å². The molecule has 0 saturated heterocycles. The summed E-state index contributed by atoms with van der Waals surface area (Å²) in [4.78, 5) is 10.4. The molecular formula is C27H54O5. The highest BCUT2D eigenvalue weighted by atomic mass is 16.4. The molecule has 0 aliphatic heterocycles. The third-order valence-electron chi connectivity index (χ3n) is 5.57. The number of aliphatic carboxylic acids is 1. The molecule has 192 valence electrons. The summed E-state index contributed by atoms with van der Waals surface area (Å²) in [6.45, 7) is 1.55. The van der Waals surface area contributed by atoms with Crippen molar-refractivity contribution in [2.45, 2.75) is 141 Å². The average Bonchev–Trinajstić information content (AvgIpc) is 2.79. The topological polar surface area (TPSA) is 98.0 Å². The Hall–Kier alpha value is -0.910. The second-order valence-electron chi connectivity index (χ2n) is 8.87. The van der Waals surface area contributed by atoms with E-state index in [2.05, 4.69) is 19.1 Å². The maximum absolute atomic E-state index is 10.4. The minimum atomic E-state index is -0.954. The van der Waals surface area contributed by atoms with E-state index < -0.39 is 12.1 Å². The van der Waals surface area contributed by atoms with Gasteiger partial charge >= 0.3 is 5.97 Å². The predicted octanol–water partition coefficient (Wildman–Crippen LogP) is 6.78. The molecule has 0 aromatic heterocycles. The van der Waals surface area contributed by atoms with E-state index in [4.69, 9.17) is 20.4 Å². The second kappa shape index (κ2) is 30.1. The van der Waals surface area contributed by atoms with Crippen LogP contribution >= 0.6 is 0 Å². The van der Waals surface area contributed by atoms with Crippen molar-refractivity contribution in [3.63, 3.8) is 0 Å². The van der Waals surface area contributed by atoms with Gasteiger partial charge in [-0.1, -0.05) is 109 Å². The first-order valence-corrected chi connectivity index (χ1v) is 13.3. The quantitative estimate of drug-likeness (QED) is 0.0999. The minimum Gasteiger partial charge on any atom is -0.481 e. The van der Waals surface area contributed by atoms with E-state index in [0.29, 0.717) is 6.42 Å². The minimum absolute atomic E-state index is 0.342. The van der Waals surface area contributed by atoms with Crippen LogP contribution in [0.2, 0.25) is 0 Å². The van der Waals surface area contributed by atoms with E-state index in [9.17, 15) is 4.79 Å². The van der Waals surface area contributed by atoms with Crippen molar-refractivity contribution in [1.82, 2.24) is 0 Å². The Morgan fingerprint density at radius 2 is 0.969 bits per heavy atom. The number of allylic oxidation sites excluding steroid dienone is 2. The molecule has 5 heteroatoms. The van der Waals surface area contributed by atoms with Gasteiger partial charge in [-0.3, -0.25) is 4.79 Å². The van der Waals surface area contributed by atoms with Crippen LogP contribution < -0.4 is 0 Å². The predicted molar refractivity (Wildman–Crippen MR) is 135 cm³/mol. The monoisotopic (exact) mass is 458 g/mol. The molecule has 0 atom stereocenters. The van der Waals surface area contributed by atoms with Crippen LogP contribution in [0.15, 0.2) is 12.2 Å². The zero-order chi connectivity index (χ0) is 24.1. The largest absolute Gasteiger partial charge is 0.481 e. The molecule has 0 saturated carbocycles. The molecule has 0 heterocycles. The number of carbonyl (C=O) groups is 1. The first-order chi connectivity index (χ1) is 15.6. The Labute approximate surface area is 198 Å². The van der Waals surface area contributed by atoms with Crippen molar-refractivity contribution < 1.29 is 25.2 Å². The molecule has 0 aromatic rings. The number of hydrogen-bond donors (Lipinski definition) is 4. The highest BCUT2D eigenvalue weighted by Gasteiger charge is 1.97. The molecule has 0 bridgehead atoms. The second-order valence-corrected chi connectivity index (χ2v) is 8.87. The molecule has 0 aromatic carbocycles. The SMILES string of the molecule is CCCCCCCC/C=C\CCCCCCCCCCCCCC(=O)O.OCC(O)CO. The molecule has 0 radical (unpaired) electrons. The van der Waals surface area contributed by atoms with Crippen LogP contribution in [0.25, 0.3) is 0 Å². The summed E-state index contributed by atoms with van der Waals surface area (Å²) in [6.07, 6.45) is 29.1. The lowest BCUT2D eigenvalue weighted by molar-refractivity contribution is -0.137. The van der Waals surface area contributed by atoms with Crippen molar-refractivity contribution in [2.75, 3.05) is 13.2 Å². The normalized spacial score (nSPS) is 11.2. The Kier molecular flexibility index (Phi) is 31.3. The standard InChI is InChI=1S/C24H46O2.C3H8O3/c1-2-3-4-5-6-7-8-9-10-11-12-13-14-15-16-17-18-19-20-21-22-23-24(25)26;4-1-3(6)2-5/h9-10H,2-8,11-23H2,1H3,(H,25,26);3-6H,1-2H2/b10-9-;. The van der Waals surface area contributed by atoms with Crippen molar-refractivity contribution in [1.29, 1.82) is 0 Å². The molecule has 0 spiro atoms. The fraction of sp³-hybridized carbons (Fsp3) is 0.889. The third kappa shape index (κ3) is 33.7. The Balaban J connectivity index is 0. The van der Waals surface area contributed by atoms with E-state index in [1.807, 2.05) is 0 Å². The Morgan fingerprint density at radius 1 is 0.625 bits per heavy atom. The Bertz CT molecular complexity index is 380. The molecule has 0 aliphatic rings. The van der Waals surface area contributed by atoms with Gasteiger partial charge in [0.2, 0.25) is 0 Å². The Morgan fingerprint density at radius 3 is 1.28 bits per heavy atom. The summed E-state index contributed by atoms with van der Waals surface area (Å²) in [6, 6.07) is 0. The lowest BCUT2D eigenvalue weighted by Gasteiger charge is -2.02. The number of rotatable bonds is 23. The van der Waals surface area contributed by atoms with Crippen LogP contribution in [0.4, 0.5) is 0 Å². The highest BCUT2D eigenvalue weighted by Crippen LogP contribution is 2.13. The number of carboxylic acids is 1. The number of aliphatic hydroxyl groups is 3. The molecule has 0 aliphatic carbocycles. The zero-order valence-corrected chi connectivity index (χ0v) is 21.0. The van der Waals surface area contributed by atoms with Crippen LogP contribution in [-0.4, -0.2) is 45.7 Å². The van der Waals surface area contributed by atoms with Crippen molar-refractivity contribution in [2.24, 2.45) is 0 Å². The van der Waals surface area contributed by atoms with Gasteiger partial charge < -0.3 is 20.4 Å². The van der Waals surface area contributed by atoms with Crippen molar-refractivity contribution in [3.05, 3.63) is 12.2 Å². The van der Waals surface area contributed by atoms with Gasteiger partial charge in [0.25, 0.3) is 0 Å². The zero-order valence-electron chi connectivity index (χ0n) is 21.0. The molecule has 32 heavy (non-hydrogen) atoms. The smallest absolute Gasteiger partial charge is 0.303 e. The van der Waals surface area contributed by atoms with E-state index >= 15 is 0 Å². The van der Waals surface area contributed by atoms with Crippen LogP contribution in [0.3, 0.4) is 0 Å². The fourth-order valence-corrected chi connectivity index (χ4v) is 3.47. The molecule has 0 unspecified atom stereocenters. The summed E-state index contributed by atoms with van der Waals surface area (Å²) in [5.74, 6) is -0.654. The van der Waals surface area contributed by atoms with Gasteiger partial charge in [0.1, 0.15) is 6.10 Å².